The maximum Gasteiger partial charge on any atom is 0.221 e. The predicted octanol–water partition coefficient (Wildman–Crippen LogP) is 3.34. The summed E-state index contributed by atoms with van der Waals surface area (Å²) in [6.45, 7) is 12.5. The lowest BCUT2D eigenvalue weighted by Crippen LogP contribution is -2.42. The third-order valence-electron chi connectivity index (χ3n) is 4.00. The minimum absolute atomic E-state index is 0.0704. The Labute approximate surface area is 134 Å². The maximum atomic E-state index is 11.1. The SMILES string of the molecule is CC(=O)Nc1cccc(C(C)NCC(C)(C)C(O)C(C)C)c1. The van der Waals surface area contributed by atoms with Gasteiger partial charge in [0.25, 0.3) is 0 Å². The van der Waals surface area contributed by atoms with Crippen molar-refractivity contribution < 1.29 is 9.90 Å². The Morgan fingerprint density at radius 1 is 1.27 bits per heavy atom. The second-order valence-corrected chi connectivity index (χ2v) is 7.09. The van der Waals surface area contributed by atoms with E-state index in [9.17, 15) is 9.90 Å². The first-order chi connectivity index (χ1) is 10.1. The van der Waals surface area contributed by atoms with Crippen molar-refractivity contribution in [2.24, 2.45) is 11.3 Å². The van der Waals surface area contributed by atoms with Crippen LogP contribution in [0.2, 0.25) is 0 Å². The molecule has 0 spiro atoms. The van der Waals surface area contributed by atoms with E-state index >= 15 is 0 Å². The quantitative estimate of drug-likeness (QED) is 0.724. The van der Waals surface area contributed by atoms with Gasteiger partial charge in [-0.1, -0.05) is 39.8 Å². The van der Waals surface area contributed by atoms with Crippen molar-refractivity contribution in [2.75, 3.05) is 11.9 Å². The number of benzene rings is 1. The Hall–Kier alpha value is -1.39. The maximum absolute atomic E-state index is 11.1. The molecule has 0 aromatic heterocycles. The minimum Gasteiger partial charge on any atom is -0.392 e. The van der Waals surface area contributed by atoms with Crippen LogP contribution < -0.4 is 10.6 Å². The van der Waals surface area contributed by atoms with E-state index in [-0.39, 0.29) is 29.4 Å². The summed E-state index contributed by atoms with van der Waals surface area (Å²) in [7, 11) is 0. The fourth-order valence-electron chi connectivity index (χ4n) is 2.63. The lowest BCUT2D eigenvalue weighted by Gasteiger charge is -2.34. The van der Waals surface area contributed by atoms with Crippen LogP contribution >= 0.6 is 0 Å². The van der Waals surface area contributed by atoms with E-state index < -0.39 is 0 Å². The zero-order chi connectivity index (χ0) is 16.9. The number of hydrogen-bond acceptors (Lipinski definition) is 3. The van der Waals surface area contributed by atoms with Crippen LogP contribution in [0.1, 0.15) is 53.1 Å². The van der Waals surface area contributed by atoms with Gasteiger partial charge in [0, 0.05) is 30.6 Å². The van der Waals surface area contributed by atoms with E-state index in [1.807, 2.05) is 38.1 Å². The molecule has 0 fully saturated rings. The molecule has 0 aliphatic heterocycles. The summed E-state index contributed by atoms with van der Waals surface area (Å²) in [4.78, 5) is 11.1. The van der Waals surface area contributed by atoms with E-state index in [0.717, 1.165) is 17.8 Å². The third kappa shape index (κ3) is 5.43. The van der Waals surface area contributed by atoms with Gasteiger partial charge >= 0.3 is 0 Å². The van der Waals surface area contributed by atoms with Gasteiger partial charge in [-0.15, -0.1) is 0 Å². The molecule has 0 heterocycles. The molecule has 124 valence electrons. The number of amides is 1. The highest BCUT2D eigenvalue weighted by atomic mass is 16.3. The van der Waals surface area contributed by atoms with Crippen molar-refractivity contribution in [1.82, 2.24) is 5.32 Å². The molecule has 0 bridgehead atoms. The molecule has 3 N–H and O–H groups in total. The Morgan fingerprint density at radius 3 is 2.45 bits per heavy atom. The zero-order valence-corrected chi connectivity index (χ0v) is 14.6. The summed E-state index contributed by atoms with van der Waals surface area (Å²) < 4.78 is 0. The molecule has 0 saturated heterocycles. The largest absolute Gasteiger partial charge is 0.392 e. The summed E-state index contributed by atoms with van der Waals surface area (Å²) >= 11 is 0. The molecule has 0 radical (unpaired) electrons. The summed E-state index contributed by atoms with van der Waals surface area (Å²) in [5, 5.41) is 16.6. The summed E-state index contributed by atoms with van der Waals surface area (Å²) in [6.07, 6.45) is -0.349. The number of carbonyl (C=O) groups excluding carboxylic acids is 1. The Morgan fingerprint density at radius 2 is 1.91 bits per heavy atom. The van der Waals surface area contributed by atoms with Crippen molar-refractivity contribution in [3.63, 3.8) is 0 Å². The molecule has 1 rings (SSSR count). The van der Waals surface area contributed by atoms with Gasteiger partial charge in [0.1, 0.15) is 0 Å². The van der Waals surface area contributed by atoms with Gasteiger partial charge in [0.15, 0.2) is 0 Å². The molecule has 4 heteroatoms. The van der Waals surface area contributed by atoms with Gasteiger partial charge in [-0.05, 0) is 30.5 Å². The van der Waals surface area contributed by atoms with Gasteiger partial charge in [-0.2, -0.15) is 0 Å². The standard InChI is InChI=1S/C18H30N2O2/c1-12(2)17(22)18(5,6)11-19-13(3)15-8-7-9-16(10-15)20-14(4)21/h7-10,12-13,17,19,22H,11H2,1-6H3,(H,20,21). The molecule has 1 amide bonds. The van der Waals surface area contributed by atoms with E-state index in [4.69, 9.17) is 0 Å². The Kier molecular flexibility index (Phi) is 6.57. The van der Waals surface area contributed by atoms with Crippen LogP contribution in [-0.2, 0) is 4.79 Å². The van der Waals surface area contributed by atoms with Gasteiger partial charge < -0.3 is 15.7 Å². The molecule has 1 aromatic carbocycles. The summed E-state index contributed by atoms with van der Waals surface area (Å²) in [5.74, 6) is 0.161. The second kappa shape index (κ2) is 7.75. The smallest absolute Gasteiger partial charge is 0.221 e. The van der Waals surface area contributed by atoms with Crippen LogP contribution in [0.25, 0.3) is 0 Å². The highest BCUT2D eigenvalue weighted by Crippen LogP contribution is 2.26. The van der Waals surface area contributed by atoms with E-state index in [0.29, 0.717) is 0 Å². The topological polar surface area (TPSA) is 61.4 Å². The van der Waals surface area contributed by atoms with Crippen molar-refractivity contribution in [3.8, 4) is 0 Å². The third-order valence-corrected chi connectivity index (χ3v) is 4.00. The first-order valence-electron chi connectivity index (χ1n) is 7.92. The van der Waals surface area contributed by atoms with Gasteiger partial charge in [-0.25, -0.2) is 0 Å². The number of hydrogen-bond donors (Lipinski definition) is 3. The molecule has 2 unspecified atom stereocenters. The average Bonchev–Trinajstić information content (AvgIpc) is 2.43. The van der Waals surface area contributed by atoms with E-state index in [1.165, 1.54) is 6.92 Å². The minimum atomic E-state index is -0.349. The van der Waals surface area contributed by atoms with Crippen molar-refractivity contribution in [2.45, 2.75) is 53.7 Å². The van der Waals surface area contributed by atoms with Crippen molar-refractivity contribution >= 4 is 11.6 Å². The van der Waals surface area contributed by atoms with E-state index in [1.54, 1.807) is 0 Å². The van der Waals surface area contributed by atoms with Crippen LogP contribution in [0.3, 0.4) is 0 Å². The Bertz CT molecular complexity index is 498. The van der Waals surface area contributed by atoms with Crippen LogP contribution in [0, 0.1) is 11.3 Å². The van der Waals surface area contributed by atoms with E-state index in [2.05, 4.69) is 31.4 Å². The number of carbonyl (C=O) groups is 1. The molecular formula is C18H30N2O2. The molecule has 4 nitrogen and oxygen atoms in total. The highest BCUT2D eigenvalue weighted by molar-refractivity contribution is 5.88. The molecule has 0 saturated carbocycles. The Balaban J connectivity index is 2.69. The lowest BCUT2D eigenvalue weighted by molar-refractivity contribution is -0.114. The second-order valence-electron chi connectivity index (χ2n) is 7.09. The average molecular weight is 306 g/mol. The normalized spacial score (nSPS) is 14.7. The highest BCUT2D eigenvalue weighted by Gasteiger charge is 2.30. The first kappa shape index (κ1) is 18.7. The van der Waals surface area contributed by atoms with Crippen LogP contribution in [-0.4, -0.2) is 23.7 Å². The van der Waals surface area contributed by atoms with Crippen LogP contribution in [0.15, 0.2) is 24.3 Å². The van der Waals surface area contributed by atoms with Gasteiger partial charge in [0.05, 0.1) is 6.10 Å². The number of anilines is 1. The van der Waals surface area contributed by atoms with Crippen molar-refractivity contribution in [1.29, 1.82) is 0 Å². The lowest BCUT2D eigenvalue weighted by atomic mass is 9.80. The molecule has 0 aliphatic carbocycles. The number of nitrogens with one attached hydrogen (secondary N) is 2. The molecule has 1 aromatic rings. The molecule has 0 aliphatic rings. The van der Waals surface area contributed by atoms with Crippen LogP contribution in [0.5, 0.6) is 0 Å². The van der Waals surface area contributed by atoms with Crippen LogP contribution in [0.4, 0.5) is 5.69 Å². The number of rotatable bonds is 7. The van der Waals surface area contributed by atoms with Gasteiger partial charge in [-0.3, -0.25) is 4.79 Å². The zero-order valence-electron chi connectivity index (χ0n) is 14.6. The number of aliphatic hydroxyl groups excluding tert-OH is 1. The fourth-order valence-corrected chi connectivity index (χ4v) is 2.63. The number of aliphatic hydroxyl groups is 1. The molecule has 22 heavy (non-hydrogen) atoms. The summed E-state index contributed by atoms with van der Waals surface area (Å²) in [5.41, 5.74) is 1.72. The molecular weight excluding hydrogens is 276 g/mol. The monoisotopic (exact) mass is 306 g/mol. The summed E-state index contributed by atoms with van der Waals surface area (Å²) in [6, 6.07) is 7.98. The fraction of sp³-hybridized carbons (Fsp3) is 0.611. The van der Waals surface area contributed by atoms with Crippen molar-refractivity contribution in [3.05, 3.63) is 29.8 Å². The predicted molar refractivity (Wildman–Crippen MR) is 91.8 cm³/mol. The first-order valence-corrected chi connectivity index (χ1v) is 7.92. The van der Waals surface area contributed by atoms with Gasteiger partial charge in [0.2, 0.25) is 5.91 Å². The molecule has 2 atom stereocenters.